The Morgan fingerprint density at radius 1 is 1.03 bits per heavy atom. The molecular formula is C26H28N6O. The van der Waals surface area contributed by atoms with Crippen LogP contribution in [0.25, 0.3) is 16.9 Å². The fourth-order valence-corrected chi connectivity index (χ4v) is 4.83. The predicted octanol–water partition coefficient (Wildman–Crippen LogP) is 4.60. The van der Waals surface area contributed by atoms with Crippen molar-refractivity contribution in [2.75, 3.05) is 7.05 Å². The number of benzene rings is 2. The van der Waals surface area contributed by atoms with E-state index in [9.17, 15) is 4.79 Å². The normalized spacial score (nSPS) is 16.0. The molecule has 0 saturated heterocycles. The molecule has 1 unspecified atom stereocenters. The molecule has 0 spiro atoms. The Hall–Kier alpha value is -3.74. The molecule has 1 aliphatic rings. The molecular weight excluding hydrogens is 412 g/mol. The molecule has 5 rings (SSSR count). The highest BCUT2D eigenvalue weighted by Crippen LogP contribution is 2.37. The molecule has 168 valence electrons. The number of carbonyl (C=O) groups excluding carboxylic acids is 1. The lowest BCUT2D eigenvalue weighted by Gasteiger charge is -2.29. The molecule has 2 aromatic carbocycles. The lowest BCUT2D eigenvalue weighted by molar-refractivity contribution is 0.0714. The SMILES string of the molecule is CN(C(=O)c1ccc(-n2cncn2)cc1)C1CCCCCc2c1nn(C)c2-c1ccccc1. The first-order valence-corrected chi connectivity index (χ1v) is 11.5. The molecule has 0 N–H and O–H groups in total. The number of hydrogen-bond donors (Lipinski definition) is 0. The van der Waals surface area contributed by atoms with Crippen molar-refractivity contribution in [1.82, 2.24) is 29.4 Å². The van der Waals surface area contributed by atoms with Crippen molar-refractivity contribution in [3.05, 3.63) is 84.1 Å². The Kier molecular flexibility index (Phi) is 5.77. The molecule has 1 aliphatic carbocycles. The molecule has 4 aromatic rings. The van der Waals surface area contributed by atoms with Crippen LogP contribution in [0.4, 0.5) is 0 Å². The Morgan fingerprint density at radius 3 is 2.55 bits per heavy atom. The molecule has 2 heterocycles. The summed E-state index contributed by atoms with van der Waals surface area (Å²) >= 11 is 0. The zero-order valence-corrected chi connectivity index (χ0v) is 19.1. The van der Waals surface area contributed by atoms with Gasteiger partial charge in [0.05, 0.1) is 23.1 Å². The highest BCUT2D eigenvalue weighted by Gasteiger charge is 2.30. The highest BCUT2D eigenvalue weighted by molar-refractivity contribution is 5.94. The maximum Gasteiger partial charge on any atom is 0.254 e. The number of aryl methyl sites for hydroxylation is 1. The van der Waals surface area contributed by atoms with Crippen molar-refractivity contribution in [1.29, 1.82) is 0 Å². The Balaban J connectivity index is 1.47. The fourth-order valence-electron chi connectivity index (χ4n) is 4.83. The second-order valence-corrected chi connectivity index (χ2v) is 8.62. The van der Waals surface area contributed by atoms with E-state index in [2.05, 4.69) is 34.3 Å². The first kappa shape index (κ1) is 21.1. The van der Waals surface area contributed by atoms with Crippen LogP contribution in [0.15, 0.2) is 67.3 Å². The number of carbonyl (C=O) groups is 1. The van der Waals surface area contributed by atoms with Crippen LogP contribution in [0, 0.1) is 0 Å². The van der Waals surface area contributed by atoms with Crippen molar-refractivity contribution in [2.24, 2.45) is 7.05 Å². The molecule has 7 nitrogen and oxygen atoms in total. The topological polar surface area (TPSA) is 68.8 Å². The van der Waals surface area contributed by atoms with Crippen LogP contribution in [0.2, 0.25) is 0 Å². The van der Waals surface area contributed by atoms with Gasteiger partial charge in [-0.1, -0.05) is 43.2 Å². The number of rotatable bonds is 4. The zero-order valence-electron chi connectivity index (χ0n) is 19.1. The van der Waals surface area contributed by atoms with Crippen molar-refractivity contribution >= 4 is 5.91 Å². The summed E-state index contributed by atoms with van der Waals surface area (Å²) in [6.45, 7) is 0. The molecule has 0 radical (unpaired) electrons. The van der Waals surface area contributed by atoms with E-state index in [1.807, 2.05) is 54.0 Å². The second-order valence-electron chi connectivity index (χ2n) is 8.62. The molecule has 0 aliphatic heterocycles. The highest BCUT2D eigenvalue weighted by atomic mass is 16.2. The summed E-state index contributed by atoms with van der Waals surface area (Å²) < 4.78 is 3.67. The van der Waals surface area contributed by atoms with Gasteiger partial charge in [-0.2, -0.15) is 10.2 Å². The number of nitrogens with zero attached hydrogens (tertiary/aromatic N) is 6. The number of amides is 1. The van der Waals surface area contributed by atoms with Crippen molar-refractivity contribution < 1.29 is 4.79 Å². The quantitative estimate of drug-likeness (QED) is 0.465. The van der Waals surface area contributed by atoms with Crippen LogP contribution >= 0.6 is 0 Å². The molecule has 7 heteroatoms. The van der Waals surface area contributed by atoms with Gasteiger partial charge in [0.15, 0.2) is 0 Å². The van der Waals surface area contributed by atoms with Crippen molar-refractivity contribution in [3.63, 3.8) is 0 Å². The van der Waals surface area contributed by atoms with E-state index in [0.29, 0.717) is 5.56 Å². The van der Waals surface area contributed by atoms with Gasteiger partial charge < -0.3 is 4.90 Å². The maximum atomic E-state index is 13.5. The molecule has 1 atom stereocenters. The summed E-state index contributed by atoms with van der Waals surface area (Å²) in [6, 6.07) is 17.9. The summed E-state index contributed by atoms with van der Waals surface area (Å²) in [7, 11) is 3.91. The summed E-state index contributed by atoms with van der Waals surface area (Å²) in [5.41, 5.74) is 6.17. The summed E-state index contributed by atoms with van der Waals surface area (Å²) in [4.78, 5) is 19.3. The van der Waals surface area contributed by atoms with E-state index in [1.165, 1.54) is 17.5 Å². The van der Waals surface area contributed by atoms with Gasteiger partial charge in [0, 0.05) is 30.8 Å². The standard InChI is InChI=1S/C26H28N6O/c1-30(26(33)20-13-15-21(16-14-20)32-18-27-17-28-32)23-12-8-4-7-11-22-24(23)29-31(2)25(22)19-9-5-3-6-10-19/h3,5-6,9-10,13-18,23H,4,7-8,11-12H2,1-2H3. The monoisotopic (exact) mass is 440 g/mol. The van der Waals surface area contributed by atoms with Crippen molar-refractivity contribution in [2.45, 2.75) is 38.1 Å². The van der Waals surface area contributed by atoms with E-state index >= 15 is 0 Å². The maximum absolute atomic E-state index is 13.5. The zero-order chi connectivity index (χ0) is 22.8. The first-order chi connectivity index (χ1) is 16.1. The Labute approximate surface area is 193 Å². The van der Waals surface area contributed by atoms with Gasteiger partial charge >= 0.3 is 0 Å². The van der Waals surface area contributed by atoms with Gasteiger partial charge in [0.25, 0.3) is 5.91 Å². The molecule has 33 heavy (non-hydrogen) atoms. The van der Waals surface area contributed by atoms with E-state index in [1.54, 1.807) is 11.0 Å². The van der Waals surface area contributed by atoms with E-state index in [4.69, 9.17) is 5.10 Å². The van der Waals surface area contributed by atoms with Crippen LogP contribution in [-0.4, -0.2) is 42.4 Å². The summed E-state index contributed by atoms with van der Waals surface area (Å²) in [5.74, 6) is 0.00331. The molecule has 0 saturated carbocycles. The van der Waals surface area contributed by atoms with E-state index in [-0.39, 0.29) is 11.9 Å². The smallest absolute Gasteiger partial charge is 0.254 e. The number of fused-ring (bicyclic) bond motifs is 1. The largest absolute Gasteiger partial charge is 0.333 e. The molecule has 2 aromatic heterocycles. The lowest BCUT2D eigenvalue weighted by atomic mass is 9.91. The van der Waals surface area contributed by atoms with E-state index in [0.717, 1.165) is 49.2 Å². The molecule has 0 fully saturated rings. The van der Waals surface area contributed by atoms with Crippen LogP contribution in [-0.2, 0) is 13.5 Å². The van der Waals surface area contributed by atoms with Gasteiger partial charge in [-0.15, -0.1) is 0 Å². The van der Waals surface area contributed by atoms with Gasteiger partial charge in [-0.25, -0.2) is 9.67 Å². The van der Waals surface area contributed by atoms with Crippen LogP contribution in [0.3, 0.4) is 0 Å². The van der Waals surface area contributed by atoms with E-state index < -0.39 is 0 Å². The second kappa shape index (κ2) is 9.02. The van der Waals surface area contributed by atoms with Crippen molar-refractivity contribution in [3.8, 4) is 16.9 Å². The van der Waals surface area contributed by atoms with Crippen LogP contribution in [0.1, 0.15) is 53.3 Å². The first-order valence-electron chi connectivity index (χ1n) is 11.5. The third kappa shape index (κ3) is 4.06. The predicted molar refractivity (Wildman–Crippen MR) is 127 cm³/mol. The Morgan fingerprint density at radius 2 is 1.82 bits per heavy atom. The van der Waals surface area contributed by atoms with Crippen LogP contribution < -0.4 is 0 Å². The van der Waals surface area contributed by atoms with Crippen LogP contribution in [0.5, 0.6) is 0 Å². The summed E-state index contributed by atoms with van der Waals surface area (Å²) in [6.07, 6.45) is 8.43. The van der Waals surface area contributed by atoms with Gasteiger partial charge in [0.2, 0.25) is 0 Å². The third-order valence-corrected chi connectivity index (χ3v) is 6.53. The minimum Gasteiger partial charge on any atom is -0.333 e. The minimum absolute atomic E-state index is 0.00331. The number of aromatic nitrogens is 5. The van der Waals surface area contributed by atoms with Gasteiger partial charge in [-0.3, -0.25) is 9.48 Å². The van der Waals surface area contributed by atoms with Gasteiger partial charge in [0.1, 0.15) is 12.7 Å². The fraction of sp³-hybridized carbons (Fsp3) is 0.308. The minimum atomic E-state index is -0.0496. The average molecular weight is 441 g/mol. The lowest BCUT2D eigenvalue weighted by Crippen LogP contribution is -2.32. The molecule has 1 amide bonds. The average Bonchev–Trinajstić information content (AvgIpc) is 3.48. The number of hydrogen-bond acceptors (Lipinski definition) is 4. The van der Waals surface area contributed by atoms with Gasteiger partial charge in [-0.05, 0) is 43.5 Å². The summed E-state index contributed by atoms with van der Waals surface area (Å²) in [5, 5.41) is 9.11. The Bertz CT molecular complexity index is 1230. The third-order valence-electron chi connectivity index (χ3n) is 6.53. The molecule has 0 bridgehead atoms.